The molecule has 1 aliphatic heterocycles. The van der Waals surface area contributed by atoms with E-state index >= 15 is 0 Å². The number of amides is 2. The van der Waals surface area contributed by atoms with E-state index in [1.54, 1.807) is 18.0 Å². The predicted octanol–water partition coefficient (Wildman–Crippen LogP) is 4.06. The molecular weight excluding hydrogens is 462 g/mol. The van der Waals surface area contributed by atoms with Crippen molar-refractivity contribution in [2.45, 2.75) is 18.1 Å². The Morgan fingerprint density at radius 1 is 1.14 bits per heavy atom. The summed E-state index contributed by atoms with van der Waals surface area (Å²) >= 11 is 1.60. The fraction of sp³-hybridized carbons (Fsp3) is 0.360. The number of nitrogens with one attached hydrogen (secondary N) is 3. The molecule has 0 saturated carbocycles. The maximum atomic E-state index is 12.2. The minimum Gasteiger partial charge on any atom is -0.478 e. The van der Waals surface area contributed by atoms with Gasteiger partial charge in [0.1, 0.15) is 0 Å². The van der Waals surface area contributed by atoms with Crippen LogP contribution >= 0.6 is 11.8 Å². The Bertz CT molecular complexity index is 1160. The summed E-state index contributed by atoms with van der Waals surface area (Å²) in [5.74, 6) is 0.594. The zero-order valence-electron chi connectivity index (χ0n) is 20.0. The number of carbonyl (C=O) groups is 1. The molecule has 0 radical (unpaired) electrons. The monoisotopic (exact) mass is 493 g/mol. The van der Waals surface area contributed by atoms with Crippen LogP contribution in [0.1, 0.15) is 12.8 Å². The number of benzene rings is 1. The lowest BCUT2D eigenvalue weighted by atomic mass is 10.2. The molecule has 0 aliphatic carbocycles. The number of thioether (sulfide) groups is 1. The van der Waals surface area contributed by atoms with Crippen molar-refractivity contribution in [1.29, 1.82) is 0 Å². The van der Waals surface area contributed by atoms with Crippen molar-refractivity contribution in [2.75, 3.05) is 51.0 Å². The molecule has 9 nitrogen and oxygen atoms in total. The van der Waals surface area contributed by atoms with Crippen LogP contribution in [0.2, 0.25) is 0 Å². The molecule has 10 heteroatoms. The molecular formula is C25H31N7O2S. The highest BCUT2D eigenvalue weighted by Crippen LogP contribution is 2.25. The van der Waals surface area contributed by atoms with Crippen molar-refractivity contribution in [3.05, 3.63) is 54.7 Å². The number of aliphatic imine (C=N–C) groups is 1. The molecule has 4 rings (SSSR count). The van der Waals surface area contributed by atoms with Crippen LogP contribution in [0, 0.1) is 0 Å². The lowest BCUT2D eigenvalue weighted by Gasteiger charge is -2.13. The maximum absolute atomic E-state index is 12.2. The van der Waals surface area contributed by atoms with E-state index in [9.17, 15) is 4.79 Å². The second kappa shape index (κ2) is 12.4. The van der Waals surface area contributed by atoms with E-state index in [4.69, 9.17) is 4.74 Å². The highest BCUT2D eigenvalue weighted by molar-refractivity contribution is 8.14. The standard InChI is InChI=1S/C25H31N7O2S/c1-32(2)15-6-16-34-22-10-9-20-21(12-14-27-23(20)30-22)26-13-11-19-17-28-25(35-19)31-24(33)29-18-7-4-3-5-8-18/h3-5,7-10,12,14,19H,6,11,13,15-17H2,1-2H3,(H,26,27,30)(H2,28,29,31,33). The summed E-state index contributed by atoms with van der Waals surface area (Å²) < 4.78 is 5.78. The molecule has 1 aromatic carbocycles. The zero-order valence-corrected chi connectivity index (χ0v) is 20.8. The van der Waals surface area contributed by atoms with Gasteiger partial charge in [0.25, 0.3) is 0 Å². The van der Waals surface area contributed by atoms with Crippen LogP contribution in [0.25, 0.3) is 11.0 Å². The molecule has 0 bridgehead atoms. The van der Waals surface area contributed by atoms with Gasteiger partial charge >= 0.3 is 6.03 Å². The molecule has 1 unspecified atom stereocenters. The van der Waals surface area contributed by atoms with Gasteiger partial charge < -0.3 is 20.3 Å². The number of urea groups is 1. The summed E-state index contributed by atoms with van der Waals surface area (Å²) in [7, 11) is 4.10. The Morgan fingerprint density at radius 2 is 2.00 bits per heavy atom. The molecule has 1 aliphatic rings. The number of pyridine rings is 2. The molecule has 3 N–H and O–H groups in total. The Kier molecular flexibility index (Phi) is 8.74. The maximum Gasteiger partial charge on any atom is 0.325 e. The zero-order chi connectivity index (χ0) is 24.5. The number of aromatic nitrogens is 2. The quantitative estimate of drug-likeness (QED) is 0.366. The van der Waals surface area contributed by atoms with Gasteiger partial charge in [-0.2, -0.15) is 4.98 Å². The van der Waals surface area contributed by atoms with Crippen molar-refractivity contribution < 1.29 is 9.53 Å². The van der Waals surface area contributed by atoms with Crippen LogP contribution < -0.4 is 20.7 Å². The summed E-state index contributed by atoms with van der Waals surface area (Å²) in [5.41, 5.74) is 2.40. The molecule has 0 saturated heterocycles. The molecule has 2 amide bonds. The summed E-state index contributed by atoms with van der Waals surface area (Å²) in [6.45, 7) is 3.06. The van der Waals surface area contributed by atoms with Gasteiger partial charge in [0.2, 0.25) is 5.88 Å². The van der Waals surface area contributed by atoms with Crippen molar-refractivity contribution in [1.82, 2.24) is 20.2 Å². The van der Waals surface area contributed by atoms with Crippen LogP contribution in [0.15, 0.2) is 59.7 Å². The van der Waals surface area contributed by atoms with E-state index in [0.717, 1.165) is 42.7 Å². The van der Waals surface area contributed by atoms with Gasteiger partial charge in [-0.25, -0.2) is 9.78 Å². The Balaban J connectivity index is 1.21. The van der Waals surface area contributed by atoms with Crippen molar-refractivity contribution in [2.24, 2.45) is 4.99 Å². The van der Waals surface area contributed by atoms with Crippen LogP contribution in [-0.4, -0.2) is 71.7 Å². The topological polar surface area (TPSA) is 104 Å². The smallest absolute Gasteiger partial charge is 0.325 e. The molecule has 1 atom stereocenters. The number of hydrogen-bond donors (Lipinski definition) is 3. The molecule has 0 spiro atoms. The SMILES string of the molecule is CN(C)CCCOc1ccc2c(NCCC3CN=C(NC(=O)Nc4ccccc4)S3)ccnc2n1. The van der Waals surface area contributed by atoms with Crippen LogP contribution in [0.3, 0.4) is 0 Å². The van der Waals surface area contributed by atoms with Gasteiger partial charge in [0, 0.05) is 47.4 Å². The van der Waals surface area contributed by atoms with E-state index in [1.165, 1.54) is 0 Å². The highest BCUT2D eigenvalue weighted by Gasteiger charge is 2.21. The van der Waals surface area contributed by atoms with E-state index in [2.05, 4.69) is 35.8 Å². The number of anilines is 2. The average molecular weight is 494 g/mol. The first kappa shape index (κ1) is 24.7. The second-order valence-corrected chi connectivity index (χ2v) is 9.72. The fourth-order valence-electron chi connectivity index (χ4n) is 3.59. The number of hydrogen-bond acceptors (Lipinski definition) is 8. The number of carbonyl (C=O) groups excluding carboxylic acids is 1. The van der Waals surface area contributed by atoms with Crippen molar-refractivity contribution >= 4 is 45.4 Å². The number of rotatable bonds is 10. The third-order valence-electron chi connectivity index (χ3n) is 5.33. The first-order chi connectivity index (χ1) is 17.1. The van der Waals surface area contributed by atoms with E-state index < -0.39 is 0 Å². The van der Waals surface area contributed by atoms with Crippen molar-refractivity contribution in [3.63, 3.8) is 0 Å². The third-order valence-corrected chi connectivity index (χ3v) is 6.50. The van der Waals surface area contributed by atoms with Gasteiger partial charge in [0.15, 0.2) is 10.8 Å². The van der Waals surface area contributed by atoms with Gasteiger partial charge in [-0.15, -0.1) is 0 Å². The van der Waals surface area contributed by atoms with E-state index in [-0.39, 0.29) is 6.03 Å². The Morgan fingerprint density at radius 3 is 2.83 bits per heavy atom. The van der Waals surface area contributed by atoms with E-state index in [0.29, 0.717) is 35.1 Å². The number of para-hydroxylation sites is 1. The normalized spacial score (nSPS) is 15.2. The first-order valence-electron chi connectivity index (χ1n) is 11.7. The second-order valence-electron chi connectivity index (χ2n) is 8.43. The summed E-state index contributed by atoms with van der Waals surface area (Å²) in [6, 6.07) is 14.9. The van der Waals surface area contributed by atoms with Crippen LogP contribution in [-0.2, 0) is 0 Å². The molecule has 0 fully saturated rings. The summed E-state index contributed by atoms with van der Waals surface area (Å²) in [6.07, 6.45) is 3.61. The van der Waals surface area contributed by atoms with E-state index in [1.807, 2.05) is 62.6 Å². The number of ether oxygens (including phenoxy) is 1. The molecule has 35 heavy (non-hydrogen) atoms. The van der Waals surface area contributed by atoms with Gasteiger partial charge in [-0.1, -0.05) is 30.0 Å². The van der Waals surface area contributed by atoms with Gasteiger partial charge in [-0.05, 0) is 51.2 Å². The Hall–Kier alpha value is -3.37. The first-order valence-corrected chi connectivity index (χ1v) is 12.6. The molecule has 2 aromatic heterocycles. The lowest BCUT2D eigenvalue weighted by Crippen LogP contribution is -2.32. The summed E-state index contributed by atoms with van der Waals surface area (Å²) in [4.78, 5) is 27.7. The highest BCUT2D eigenvalue weighted by atomic mass is 32.2. The minimum atomic E-state index is -0.280. The van der Waals surface area contributed by atoms with Crippen molar-refractivity contribution in [3.8, 4) is 5.88 Å². The van der Waals surface area contributed by atoms with Gasteiger partial charge in [-0.3, -0.25) is 10.3 Å². The largest absolute Gasteiger partial charge is 0.478 e. The fourth-order valence-corrected chi connectivity index (χ4v) is 4.59. The van der Waals surface area contributed by atoms with Crippen LogP contribution in [0.4, 0.5) is 16.2 Å². The number of nitrogens with zero attached hydrogens (tertiary/aromatic N) is 4. The number of amidine groups is 1. The lowest BCUT2D eigenvalue weighted by molar-refractivity contribution is 0.256. The molecule has 3 heterocycles. The van der Waals surface area contributed by atoms with Crippen LogP contribution in [0.5, 0.6) is 5.88 Å². The average Bonchev–Trinajstić information content (AvgIpc) is 3.29. The number of fused-ring (bicyclic) bond motifs is 1. The molecule has 184 valence electrons. The summed E-state index contributed by atoms with van der Waals surface area (Å²) in [5, 5.41) is 11.1. The molecule has 3 aromatic rings. The van der Waals surface area contributed by atoms with Gasteiger partial charge in [0.05, 0.1) is 13.2 Å². The predicted molar refractivity (Wildman–Crippen MR) is 144 cm³/mol. The minimum absolute atomic E-state index is 0.280. The third kappa shape index (κ3) is 7.56. The Labute approximate surface area is 209 Å².